The number of benzene rings is 1. The maximum atomic E-state index is 12.1. The summed E-state index contributed by atoms with van der Waals surface area (Å²) in [7, 11) is 1.83. The molecule has 2 aromatic rings. The zero-order chi connectivity index (χ0) is 15.0. The summed E-state index contributed by atoms with van der Waals surface area (Å²) >= 11 is 0. The average molecular weight is 287 g/mol. The molecule has 3 rings (SSSR count). The molecule has 6 heteroatoms. The molecule has 1 amide bonds. The summed E-state index contributed by atoms with van der Waals surface area (Å²) in [4.78, 5) is 23.2. The van der Waals surface area contributed by atoms with Gasteiger partial charge in [0.1, 0.15) is 6.04 Å². The van der Waals surface area contributed by atoms with E-state index in [1.165, 1.54) is 0 Å². The van der Waals surface area contributed by atoms with Gasteiger partial charge in [-0.3, -0.25) is 9.48 Å². The minimum absolute atomic E-state index is 0.0759. The molecule has 1 aliphatic carbocycles. The van der Waals surface area contributed by atoms with Crippen molar-refractivity contribution >= 4 is 22.8 Å². The second-order valence-corrected chi connectivity index (χ2v) is 5.49. The number of hydrogen-bond donors (Lipinski definition) is 2. The van der Waals surface area contributed by atoms with Crippen molar-refractivity contribution in [3.8, 4) is 0 Å². The van der Waals surface area contributed by atoms with Crippen LogP contribution in [0.15, 0.2) is 24.3 Å². The Bertz CT molecular complexity index is 703. The van der Waals surface area contributed by atoms with E-state index in [-0.39, 0.29) is 18.2 Å². The number of carboxylic acids is 1. The van der Waals surface area contributed by atoms with Gasteiger partial charge >= 0.3 is 5.97 Å². The molecule has 1 aromatic carbocycles. The number of carbonyl (C=O) groups excluding carboxylic acids is 1. The van der Waals surface area contributed by atoms with E-state index in [4.69, 9.17) is 5.11 Å². The number of aliphatic carboxylic acids is 1. The molecule has 0 saturated heterocycles. The molecule has 110 valence electrons. The third-order valence-electron chi connectivity index (χ3n) is 3.84. The van der Waals surface area contributed by atoms with Crippen molar-refractivity contribution in [3.05, 3.63) is 30.0 Å². The minimum Gasteiger partial charge on any atom is -0.480 e. The molecule has 1 aromatic heterocycles. The van der Waals surface area contributed by atoms with Gasteiger partial charge in [-0.05, 0) is 24.8 Å². The van der Waals surface area contributed by atoms with Crippen molar-refractivity contribution in [1.82, 2.24) is 15.1 Å². The Morgan fingerprint density at radius 1 is 1.43 bits per heavy atom. The van der Waals surface area contributed by atoms with E-state index >= 15 is 0 Å². The monoisotopic (exact) mass is 287 g/mol. The van der Waals surface area contributed by atoms with E-state index < -0.39 is 12.0 Å². The quantitative estimate of drug-likeness (QED) is 0.862. The lowest BCUT2D eigenvalue weighted by molar-refractivity contribution is -0.142. The Labute approximate surface area is 121 Å². The number of hydrogen-bond acceptors (Lipinski definition) is 3. The zero-order valence-electron chi connectivity index (χ0n) is 11.7. The molecule has 0 bridgehead atoms. The van der Waals surface area contributed by atoms with Crippen molar-refractivity contribution in [2.45, 2.75) is 25.3 Å². The smallest absolute Gasteiger partial charge is 0.326 e. The Kier molecular flexibility index (Phi) is 3.37. The summed E-state index contributed by atoms with van der Waals surface area (Å²) < 4.78 is 1.73. The maximum absolute atomic E-state index is 12.1. The van der Waals surface area contributed by atoms with E-state index in [1.807, 2.05) is 31.3 Å². The number of amides is 1. The lowest BCUT2D eigenvalue weighted by Crippen LogP contribution is -2.43. The number of para-hydroxylation sites is 1. The highest BCUT2D eigenvalue weighted by molar-refractivity contribution is 5.89. The van der Waals surface area contributed by atoms with E-state index in [0.29, 0.717) is 5.69 Å². The van der Waals surface area contributed by atoms with Gasteiger partial charge in [-0.25, -0.2) is 4.79 Å². The molecule has 0 spiro atoms. The molecule has 1 atom stereocenters. The molecular formula is C15H17N3O3. The van der Waals surface area contributed by atoms with Gasteiger partial charge in [0.25, 0.3) is 0 Å². The molecule has 1 saturated carbocycles. The third kappa shape index (κ3) is 2.74. The van der Waals surface area contributed by atoms with Crippen LogP contribution in [-0.4, -0.2) is 32.8 Å². The first-order valence-corrected chi connectivity index (χ1v) is 6.99. The van der Waals surface area contributed by atoms with Gasteiger partial charge in [-0.15, -0.1) is 0 Å². The van der Waals surface area contributed by atoms with Crippen LogP contribution in [0.1, 0.15) is 18.5 Å². The van der Waals surface area contributed by atoms with Crippen LogP contribution in [-0.2, 0) is 23.1 Å². The van der Waals surface area contributed by atoms with Crippen LogP contribution in [0, 0.1) is 5.92 Å². The fraction of sp³-hybridized carbons (Fsp3) is 0.400. The Morgan fingerprint density at radius 3 is 2.81 bits per heavy atom. The van der Waals surface area contributed by atoms with Crippen LogP contribution in [0.2, 0.25) is 0 Å². The molecule has 1 fully saturated rings. The summed E-state index contributed by atoms with van der Waals surface area (Å²) in [6, 6.07) is 6.90. The lowest BCUT2D eigenvalue weighted by Gasteiger charge is -2.12. The van der Waals surface area contributed by atoms with Gasteiger partial charge in [-0.2, -0.15) is 5.10 Å². The number of rotatable bonds is 5. The largest absolute Gasteiger partial charge is 0.480 e. The normalized spacial score (nSPS) is 15.9. The second-order valence-electron chi connectivity index (χ2n) is 5.49. The molecular weight excluding hydrogens is 270 g/mol. The van der Waals surface area contributed by atoms with Crippen LogP contribution in [0.4, 0.5) is 0 Å². The molecule has 1 unspecified atom stereocenters. The number of nitrogens with one attached hydrogen (secondary N) is 1. The Morgan fingerprint density at radius 2 is 2.14 bits per heavy atom. The highest BCUT2D eigenvalue weighted by Gasteiger charge is 2.37. The van der Waals surface area contributed by atoms with E-state index in [1.54, 1.807) is 4.68 Å². The molecule has 0 radical (unpaired) electrons. The summed E-state index contributed by atoms with van der Waals surface area (Å²) in [6.45, 7) is 0. The third-order valence-corrected chi connectivity index (χ3v) is 3.84. The second kappa shape index (κ2) is 5.20. The first-order valence-electron chi connectivity index (χ1n) is 6.99. The van der Waals surface area contributed by atoms with Crippen LogP contribution < -0.4 is 5.32 Å². The minimum atomic E-state index is -0.961. The highest BCUT2D eigenvalue weighted by atomic mass is 16.4. The average Bonchev–Trinajstić information content (AvgIpc) is 3.23. The summed E-state index contributed by atoms with van der Waals surface area (Å²) in [5.74, 6) is -1.18. The van der Waals surface area contributed by atoms with Crippen molar-refractivity contribution in [2.24, 2.45) is 13.0 Å². The number of aryl methyl sites for hydroxylation is 1. The Balaban J connectivity index is 1.75. The van der Waals surface area contributed by atoms with E-state index in [2.05, 4.69) is 10.4 Å². The van der Waals surface area contributed by atoms with Gasteiger partial charge < -0.3 is 10.4 Å². The van der Waals surface area contributed by atoms with Gasteiger partial charge in [0.2, 0.25) is 5.91 Å². The van der Waals surface area contributed by atoms with Crippen molar-refractivity contribution in [1.29, 1.82) is 0 Å². The number of aromatic nitrogens is 2. The molecule has 6 nitrogen and oxygen atoms in total. The lowest BCUT2D eigenvalue weighted by atomic mass is 10.1. The van der Waals surface area contributed by atoms with Gasteiger partial charge in [0.15, 0.2) is 0 Å². The summed E-state index contributed by atoms with van der Waals surface area (Å²) in [5, 5.41) is 17.0. The molecule has 0 aliphatic heterocycles. The first kappa shape index (κ1) is 13.6. The summed E-state index contributed by atoms with van der Waals surface area (Å²) in [5.41, 5.74) is 1.63. The van der Waals surface area contributed by atoms with Crippen LogP contribution >= 0.6 is 0 Å². The molecule has 2 N–H and O–H groups in total. The number of nitrogens with zero attached hydrogens (tertiary/aromatic N) is 2. The number of carbonyl (C=O) groups is 2. The predicted octanol–water partition coefficient (Wildman–Crippen LogP) is 1.10. The van der Waals surface area contributed by atoms with Gasteiger partial charge in [0.05, 0.1) is 17.6 Å². The fourth-order valence-corrected chi connectivity index (χ4v) is 2.61. The number of carboxylic acid groups (broad SMARTS) is 1. The zero-order valence-corrected chi connectivity index (χ0v) is 11.7. The standard InChI is InChI=1S/C15H17N3O3/c1-18-12-5-3-2-4-10(12)11(17-18)8-13(19)16-14(15(20)21)9-6-7-9/h2-5,9,14H,6-8H2,1H3,(H,16,19)(H,20,21). The predicted molar refractivity (Wildman–Crippen MR) is 76.7 cm³/mol. The topological polar surface area (TPSA) is 84.2 Å². The van der Waals surface area contributed by atoms with Crippen LogP contribution in [0.3, 0.4) is 0 Å². The van der Waals surface area contributed by atoms with E-state index in [9.17, 15) is 9.59 Å². The van der Waals surface area contributed by atoms with Gasteiger partial charge in [0, 0.05) is 12.4 Å². The van der Waals surface area contributed by atoms with Crippen LogP contribution in [0.5, 0.6) is 0 Å². The van der Waals surface area contributed by atoms with E-state index in [0.717, 1.165) is 23.7 Å². The SMILES string of the molecule is Cn1nc(CC(=O)NC(C(=O)O)C2CC2)c2ccccc21. The molecule has 21 heavy (non-hydrogen) atoms. The molecule has 1 aliphatic rings. The number of fused-ring (bicyclic) bond motifs is 1. The summed E-state index contributed by atoms with van der Waals surface area (Å²) in [6.07, 6.45) is 1.82. The highest BCUT2D eigenvalue weighted by Crippen LogP contribution is 2.32. The molecule has 1 heterocycles. The Hall–Kier alpha value is -2.37. The van der Waals surface area contributed by atoms with Crippen LogP contribution in [0.25, 0.3) is 10.9 Å². The first-order chi connectivity index (χ1) is 10.1. The van der Waals surface area contributed by atoms with Gasteiger partial charge in [-0.1, -0.05) is 18.2 Å². The van der Waals surface area contributed by atoms with Crippen molar-refractivity contribution in [2.75, 3.05) is 0 Å². The van der Waals surface area contributed by atoms with Crippen molar-refractivity contribution < 1.29 is 14.7 Å². The maximum Gasteiger partial charge on any atom is 0.326 e. The van der Waals surface area contributed by atoms with Crippen molar-refractivity contribution in [3.63, 3.8) is 0 Å². The fourth-order valence-electron chi connectivity index (χ4n) is 2.61.